The molecule has 1 atom stereocenters. The van der Waals surface area contributed by atoms with Gasteiger partial charge in [0.25, 0.3) is 5.56 Å². The van der Waals surface area contributed by atoms with E-state index in [4.69, 9.17) is 30.5 Å². The Morgan fingerprint density at radius 3 is 2.57 bits per heavy atom. The van der Waals surface area contributed by atoms with E-state index in [9.17, 15) is 14.0 Å². The van der Waals surface area contributed by atoms with Crippen LogP contribution >= 0.6 is 38.9 Å². The van der Waals surface area contributed by atoms with Gasteiger partial charge in [0.2, 0.25) is 0 Å². The fraction of sp³-hybridized carbons (Fsp3) is 0.219. The van der Waals surface area contributed by atoms with Crippen molar-refractivity contribution in [3.05, 3.63) is 118 Å². The van der Waals surface area contributed by atoms with Crippen molar-refractivity contribution in [2.45, 2.75) is 26.5 Å². The number of nitrogens with zero attached hydrogens (tertiary/aromatic N) is 2. The maximum Gasteiger partial charge on any atom is 0.337 e. The van der Waals surface area contributed by atoms with Gasteiger partial charge in [-0.1, -0.05) is 41.1 Å². The lowest BCUT2D eigenvalue weighted by Crippen LogP contribution is -2.39. The summed E-state index contributed by atoms with van der Waals surface area (Å²) in [5, 5.41) is 0.304. The van der Waals surface area contributed by atoms with Gasteiger partial charge in [-0.15, -0.1) is 0 Å². The SMILES string of the molecule is CCOc1ccc([C@H]2C(C(=O)OC)=CN=c3s/c(=C\c4cc(Cl)c(OCc5cccc(F)c5)c(Br)c4)c(=O)n32)cc1OCC. The minimum atomic E-state index is -0.815. The number of thiazole rings is 1. The molecular weight excluding hydrogens is 675 g/mol. The Labute approximate surface area is 269 Å². The first-order chi connectivity index (χ1) is 21.2. The maximum absolute atomic E-state index is 13.9. The number of benzene rings is 3. The monoisotopic (exact) mass is 700 g/mol. The van der Waals surface area contributed by atoms with Gasteiger partial charge in [0, 0.05) is 6.20 Å². The van der Waals surface area contributed by atoms with Gasteiger partial charge in [-0.05, 0) is 88.9 Å². The normalized spacial score (nSPS) is 14.4. The summed E-state index contributed by atoms with van der Waals surface area (Å²) in [6.07, 6.45) is 3.13. The molecule has 0 bridgehead atoms. The first-order valence-electron chi connectivity index (χ1n) is 13.6. The second-order valence-corrected chi connectivity index (χ2v) is 11.8. The molecule has 8 nitrogen and oxygen atoms in total. The van der Waals surface area contributed by atoms with E-state index in [0.717, 1.165) is 0 Å². The molecule has 1 aliphatic rings. The highest BCUT2D eigenvalue weighted by Gasteiger charge is 2.31. The van der Waals surface area contributed by atoms with Crippen LogP contribution in [0.1, 0.15) is 36.6 Å². The molecule has 44 heavy (non-hydrogen) atoms. The van der Waals surface area contributed by atoms with Crippen LogP contribution in [0.5, 0.6) is 17.2 Å². The molecule has 0 radical (unpaired) electrons. The van der Waals surface area contributed by atoms with E-state index < -0.39 is 12.0 Å². The molecule has 228 valence electrons. The average molecular weight is 702 g/mol. The van der Waals surface area contributed by atoms with Crippen LogP contribution in [0.3, 0.4) is 0 Å². The molecule has 0 spiro atoms. The zero-order valence-electron chi connectivity index (χ0n) is 23.9. The van der Waals surface area contributed by atoms with E-state index in [1.165, 1.54) is 41.3 Å². The van der Waals surface area contributed by atoms with Gasteiger partial charge in [-0.3, -0.25) is 9.36 Å². The number of rotatable bonds is 10. The average Bonchev–Trinajstić information content (AvgIpc) is 3.31. The predicted octanol–water partition coefficient (Wildman–Crippen LogP) is 5.95. The van der Waals surface area contributed by atoms with Gasteiger partial charge >= 0.3 is 5.97 Å². The second kappa shape index (κ2) is 13.8. The van der Waals surface area contributed by atoms with Crippen LogP contribution in [0.15, 0.2) is 80.6 Å². The third-order valence-electron chi connectivity index (χ3n) is 6.60. The zero-order chi connectivity index (χ0) is 31.4. The van der Waals surface area contributed by atoms with Gasteiger partial charge in [0.05, 0.1) is 46.0 Å². The van der Waals surface area contributed by atoms with Crippen LogP contribution in [0.2, 0.25) is 5.02 Å². The second-order valence-electron chi connectivity index (χ2n) is 9.48. The van der Waals surface area contributed by atoms with Gasteiger partial charge in [-0.25, -0.2) is 14.2 Å². The highest BCUT2D eigenvalue weighted by atomic mass is 79.9. The van der Waals surface area contributed by atoms with Crippen molar-refractivity contribution in [1.29, 1.82) is 0 Å². The van der Waals surface area contributed by atoms with Crippen molar-refractivity contribution in [1.82, 2.24) is 4.57 Å². The van der Waals surface area contributed by atoms with Crippen LogP contribution < -0.4 is 29.1 Å². The van der Waals surface area contributed by atoms with Crippen LogP contribution in [0.4, 0.5) is 4.39 Å². The number of ether oxygens (including phenoxy) is 4. The number of fused-ring (bicyclic) bond motifs is 1. The van der Waals surface area contributed by atoms with Crippen LogP contribution in [0, 0.1) is 5.82 Å². The fourth-order valence-corrected chi connectivity index (χ4v) is 6.68. The lowest BCUT2D eigenvalue weighted by atomic mass is 9.97. The van der Waals surface area contributed by atoms with Gasteiger partial charge in [-0.2, -0.15) is 0 Å². The van der Waals surface area contributed by atoms with Gasteiger partial charge in [0.1, 0.15) is 12.4 Å². The van der Waals surface area contributed by atoms with E-state index in [2.05, 4.69) is 20.9 Å². The number of carbonyl (C=O) groups is 1. The molecule has 0 fully saturated rings. The maximum atomic E-state index is 13.9. The smallest absolute Gasteiger partial charge is 0.337 e. The molecule has 0 unspecified atom stereocenters. The Balaban J connectivity index is 1.54. The molecule has 1 aliphatic heterocycles. The first kappa shape index (κ1) is 31.5. The molecule has 4 aromatic rings. The Morgan fingerprint density at radius 1 is 1.09 bits per heavy atom. The Kier molecular flexibility index (Phi) is 9.87. The minimum Gasteiger partial charge on any atom is -0.490 e. The van der Waals surface area contributed by atoms with Crippen LogP contribution in [0.25, 0.3) is 6.08 Å². The number of hydrogen-bond donors (Lipinski definition) is 0. The van der Waals surface area contributed by atoms with E-state index >= 15 is 0 Å². The summed E-state index contributed by atoms with van der Waals surface area (Å²) in [6, 6.07) is 14.0. The summed E-state index contributed by atoms with van der Waals surface area (Å²) in [7, 11) is 1.28. The summed E-state index contributed by atoms with van der Waals surface area (Å²) in [4.78, 5) is 31.6. The van der Waals surface area contributed by atoms with Crippen molar-refractivity contribution in [3.8, 4) is 17.2 Å². The molecule has 3 aromatic carbocycles. The molecule has 0 saturated carbocycles. The van der Waals surface area contributed by atoms with Crippen LogP contribution in [-0.4, -0.2) is 30.9 Å². The summed E-state index contributed by atoms with van der Waals surface area (Å²) < 4.78 is 38.4. The van der Waals surface area contributed by atoms with Crippen molar-refractivity contribution in [2.24, 2.45) is 4.99 Å². The number of halogens is 3. The molecule has 0 amide bonds. The number of esters is 1. The Hall–Kier alpha value is -3.93. The lowest BCUT2D eigenvalue weighted by Gasteiger charge is -2.23. The van der Waals surface area contributed by atoms with E-state index in [1.807, 2.05) is 13.8 Å². The molecule has 0 aliphatic carbocycles. The number of carbonyl (C=O) groups excluding carboxylic acids is 1. The van der Waals surface area contributed by atoms with Crippen molar-refractivity contribution in [3.63, 3.8) is 0 Å². The molecule has 12 heteroatoms. The van der Waals surface area contributed by atoms with E-state index in [1.54, 1.807) is 48.5 Å². The number of aromatic nitrogens is 1. The third-order valence-corrected chi connectivity index (χ3v) is 8.47. The number of methoxy groups -OCH3 is 1. The number of hydrogen-bond acceptors (Lipinski definition) is 8. The molecule has 0 N–H and O–H groups in total. The standard InChI is InChI=1S/C32H27BrClFN2O6S/c1-4-41-25-10-9-20(15-26(25)42-5-2)28-22(31(39)40-3)16-36-32-37(28)30(38)27(44-32)14-19-12-23(33)29(24(34)13-19)43-17-18-7-6-8-21(35)11-18/h6-16,28H,4-5,17H2,1-3H3/b27-14-/t28-/m0/s1. The predicted molar refractivity (Wildman–Crippen MR) is 170 cm³/mol. The highest BCUT2D eigenvalue weighted by molar-refractivity contribution is 9.10. The molecule has 5 rings (SSSR count). The quantitative estimate of drug-likeness (QED) is 0.190. The summed E-state index contributed by atoms with van der Waals surface area (Å²) in [6.45, 7) is 4.70. The molecule has 1 aromatic heterocycles. The van der Waals surface area contributed by atoms with E-state index in [0.29, 0.717) is 66.0 Å². The summed E-state index contributed by atoms with van der Waals surface area (Å²) in [5.41, 5.74) is 1.76. The molecular formula is C32H27BrClFN2O6S. The minimum absolute atomic E-state index is 0.118. The molecule has 2 heterocycles. The topological polar surface area (TPSA) is 88.4 Å². The van der Waals surface area contributed by atoms with Gasteiger partial charge in [0.15, 0.2) is 22.0 Å². The van der Waals surface area contributed by atoms with Gasteiger partial charge < -0.3 is 18.9 Å². The zero-order valence-corrected chi connectivity index (χ0v) is 27.1. The summed E-state index contributed by atoms with van der Waals surface area (Å²) >= 11 is 11.2. The Bertz CT molecular complexity index is 1920. The fourth-order valence-electron chi connectivity index (χ4n) is 4.72. The summed E-state index contributed by atoms with van der Waals surface area (Å²) in [5.74, 6) is 0.475. The third kappa shape index (κ3) is 6.59. The van der Waals surface area contributed by atoms with Crippen LogP contribution in [-0.2, 0) is 16.1 Å². The first-order valence-corrected chi connectivity index (χ1v) is 15.6. The highest BCUT2D eigenvalue weighted by Crippen LogP contribution is 2.36. The van der Waals surface area contributed by atoms with E-state index in [-0.39, 0.29) is 23.6 Å². The molecule has 0 saturated heterocycles. The Morgan fingerprint density at radius 2 is 1.86 bits per heavy atom. The van der Waals surface area contributed by atoms with Crippen molar-refractivity contribution in [2.75, 3.05) is 20.3 Å². The largest absolute Gasteiger partial charge is 0.490 e. The van der Waals surface area contributed by atoms with Crippen molar-refractivity contribution >= 4 is 50.9 Å². The lowest BCUT2D eigenvalue weighted by molar-refractivity contribution is -0.136. The van der Waals surface area contributed by atoms with Crippen molar-refractivity contribution < 1.29 is 28.1 Å².